The highest BCUT2D eigenvalue weighted by Crippen LogP contribution is 2.27. The fourth-order valence-electron chi connectivity index (χ4n) is 0.865. The fourth-order valence-corrected chi connectivity index (χ4v) is 1.08. The summed E-state index contributed by atoms with van der Waals surface area (Å²) in [5, 5.41) is 8.54. The number of nitrogens with two attached hydrogens (primary N) is 1. The SMILES string of the molecule is N[C@@H](COc1c(F)cccc1Cl)C(=O)O. The number of carboxylic acids is 1. The summed E-state index contributed by atoms with van der Waals surface area (Å²) in [6, 6.07) is 2.81. The second kappa shape index (κ2) is 4.95. The van der Waals surface area contributed by atoms with Crippen molar-refractivity contribution in [3.8, 4) is 5.75 Å². The Balaban J connectivity index is 2.69. The van der Waals surface area contributed by atoms with E-state index in [1.165, 1.54) is 12.1 Å². The molecule has 15 heavy (non-hydrogen) atoms. The van der Waals surface area contributed by atoms with E-state index in [2.05, 4.69) is 0 Å². The molecule has 6 heteroatoms. The summed E-state index contributed by atoms with van der Waals surface area (Å²) in [6.45, 7) is -0.337. The number of rotatable bonds is 4. The molecule has 0 saturated heterocycles. The van der Waals surface area contributed by atoms with Crippen LogP contribution in [0.3, 0.4) is 0 Å². The van der Waals surface area contributed by atoms with Crippen molar-refractivity contribution in [1.82, 2.24) is 0 Å². The van der Waals surface area contributed by atoms with Crippen molar-refractivity contribution in [2.45, 2.75) is 6.04 Å². The number of hydrogen-bond acceptors (Lipinski definition) is 3. The lowest BCUT2D eigenvalue weighted by Crippen LogP contribution is -2.36. The van der Waals surface area contributed by atoms with E-state index in [9.17, 15) is 9.18 Å². The minimum Gasteiger partial charge on any atom is -0.487 e. The number of ether oxygens (including phenoxy) is 1. The van der Waals surface area contributed by atoms with Crippen LogP contribution in [0.5, 0.6) is 5.75 Å². The average Bonchev–Trinajstić information content (AvgIpc) is 2.16. The monoisotopic (exact) mass is 233 g/mol. The Morgan fingerprint density at radius 1 is 1.67 bits per heavy atom. The minimum atomic E-state index is -1.22. The lowest BCUT2D eigenvalue weighted by Gasteiger charge is -2.10. The van der Waals surface area contributed by atoms with Crippen LogP contribution >= 0.6 is 11.6 Å². The molecule has 1 aromatic carbocycles. The van der Waals surface area contributed by atoms with Crippen LogP contribution in [0.25, 0.3) is 0 Å². The Labute approximate surface area is 90.4 Å². The summed E-state index contributed by atoms with van der Waals surface area (Å²) in [7, 11) is 0. The zero-order valence-corrected chi connectivity index (χ0v) is 8.37. The average molecular weight is 234 g/mol. The molecule has 0 aliphatic heterocycles. The quantitative estimate of drug-likeness (QED) is 0.822. The van der Waals surface area contributed by atoms with Gasteiger partial charge in [-0.05, 0) is 12.1 Å². The molecule has 3 N–H and O–H groups in total. The number of benzene rings is 1. The maximum Gasteiger partial charge on any atom is 0.324 e. The third kappa shape index (κ3) is 3.07. The highest BCUT2D eigenvalue weighted by atomic mass is 35.5. The van der Waals surface area contributed by atoms with Gasteiger partial charge in [-0.3, -0.25) is 4.79 Å². The molecule has 0 aromatic heterocycles. The van der Waals surface area contributed by atoms with Gasteiger partial charge in [0.2, 0.25) is 0 Å². The summed E-state index contributed by atoms with van der Waals surface area (Å²) >= 11 is 5.64. The number of carbonyl (C=O) groups is 1. The van der Waals surface area contributed by atoms with E-state index in [0.29, 0.717) is 0 Å². The number of hydrogen-bond donors (Lipinski definition) is 2. The molecule has 0 unspecified atom stereocenters. The van der Waals surface area contributed by atoms with Gasteiger partial charge in [0.05, 0.1) is 5.02 Å². The largest absolute Gasteiger partial charge is 0.487 e. The standard InChI is InChI=1S/C9H9ClFNO3/c10-5-2-1-3-6(11)8(5)15-4-7(12)9(13)14/h1-3,7H,4,12H2,(H,13,14)/t7-/m0/s1. The van der Waals surface area contributed by atoms with Crippen LogP contribution in [0.1, 0.15) is 0 Å². The summed E-state index contributed by atoms with van der Waals surface area (Å²) in [6.07, 6.45) is 0. The van der Waals surface area contributed by atoms with Gasteiger partial charge in [-0.2, -0.15) is 0 Å². The van der Waals surface area contributed by atoms with Gasteiger partial charge < -0.3 is 15.6 Å². The molecule has 1 aromatic rings. The first-order valence-corrected chi connectivity index (χ1v) is 4.45. The van der Waals surface area contributed by atoms with Crippen molar-refractivity contribution in [2.24, 2.45) is 5.73 Å². The Morgan fingerprint density at radius 3 is 2.87 bits per heavy atom. The molecular formula is C9H9ClFNO3. The molecule has 4 nitrogen and oxygen atoms in total. The normalized spacial score (nSPS) is 12.2. The molecule has 0 aliphatic carbocycles. The van der Waals surface area contributed by atoms with Crippen LogP contribution in [-0.2, 0) is 4.79 Å². The smallest absolute Gasteiger partial charge is 0.324 e. The van der Waals surface area contributed by atoms with Crippen LogP contribution in [0, 0.1) is 5.82 Å². The summed E-state index contributed by atoms with van der Waals surface area (Å²) in [4.78, 5) is 10.4. The van der Waals surface area contributed by atoms with E-state index in [1.807, 2.05) is 0 Å². The molecule has 1 rings (SSSR count). The van der Waals surface area contributed by atoms with E-state index in [-0.39, 0.29) is 17.4 Å². The van der Waals surface area contributed by atoms with Crippen molar-refractivity contribution in [3.05, 3.63) is 29.0 Å². The van der Waals surface area contributed by atoms with E-state index in [1.54, 1.807) is 0 Å². The Morgan fingerprint density at radius 2 is 2.33 bits per heavy atom. The molecule has 1 atom stereocenters. The predicted octanol–water partition coefficient (Wildman–Crippen LogP) is 1.27. The van der Waals surface area contributed by atoms with Crippen molar-refractivity contribution < 1.29 is 19.0 Å². The van der Waals surface area contributed by atoms with Crippen LogP contribution in [0.2, 0.25) is 5.02 Å². The van der Waals surface area contributed by atoms with Crippen LogP contribution < -0.4 is 10.5 Å². The van der Waals surface area contributed by atoms with E-state index in [4.69, 9.17) is 27.2 Å². The van der Waals surface area contributed by atoms with Crippen LogP contribution in [-0.4, -0.2) is 23.7 Å². The van der Waals surface area contributed by atoms with Crippen molar-refractivity contribution in [3.63, 3.8) is 0 Å². The molecule has 0 amide bonds. The predicted molar refractivity (Wildman–Crippen MR) is 52.5 cm³/mol. The third-order valence-corrected chi connectivity index (χ3v) is 1.94. The van der Waals surface area contributed by atoms with Gasteiger partial charge in [0.25, 0.3) is 0 Å². The van der Waals surface area contributed by atoms with Crippen molar-refractivity contribution in [2.75, 3.05) is 6.61 Å². The zero-order valence-electron chi connectivity index (χ0n) is 7.61. The second-order valence-corrected chi connectivity index (χ2v) is 3.21. The lowest BCUT2D eigenvalue weighted by atomic mass is 10.3. The summed E-state index contributed by atoms with van der Waals surface area (Å²) < 4.78 is 18.0. The molecule has 0 heterocycles. The second-order valence-electron chi connectivity index (χ2n) is 2.81. The minimum absolute atomic E-state index is 0.0765. The van der Waals surface area contributed by atoms with E-state index >= 15 is 0 Å². The van der Waals surface area contributed by atoms with Crippen LogP contribution in [0.15, 0.2) is 18.2 Å². The van der Waals surface area contributed by atoms with E-state index < -0.39 is 17.8 Å². The van der Waals surface area contributed by atoms with Crippen LogP contribution in [0.4, 0.5) is 4.39 Å². The molecule has 0 aliphatic rings. The molecular weight excluding hydrogens is 225 g/mol. The van der Waals surface area contributed by atoms with Gasteiger partial charge in [-0.15, -0.1) is 0 Å². The third-order valence-electron chi connectivity index (χ3n) is 1.64. The Kier molecular flexibility index (Phi) is 3.88. The van der Waals surface area contributed by atoms with Gasteiger partial charge in [0.1, 0.15) is 12.6 Å². The molecule has 0 spiro atoms. The summed E-state index contributed by atoms with van der Waals surface area (Å²) in [5.74, 6) is -2.06. The summed E-state index contributed by atoms with van der Waals surface area (Å²) in [5.41, 5.74) is 5.17. The van der Waals surface area contributed by atoms with Gasteiger partial charge in [0, 0.05) is 0 Å². The van der Waals surface area contributed by atoms with Crippen molar-refractivity contribution in [1.29, 1.82) is 0 Å². The first-order valence-electron chi connectivity index (χ1n) is 4.07. The van der Waals surface area contributed by atoms with Gasteiger partial charge >= 0.3 is 5.97 Å². The Hall–Kier alpha value is -1.33. The first kappa shape index (κ1) is 11.7. The van der Waals surface area contributed by atoms with Gasteiger partial charge in [-0.1, -0.05) is 17.7 Å². The number of para-hydroxylation sites is 1. The first-order chi connectivity index (χ1) is 7.02. The number of aliphatic carboxylic acids is 1. The lowest BCUT2D eigenvalue weighted by molar-refractivity contribution is -0.139. The fraction of sp³-hybridized carbons (Fsp3) is 0.222. The zero-order chi connectivity index (χ0) is 11.4. The van der Waals surface area contributed by atoms with Crippen molar-refractivity contribution >= 4 is 17.6 Å². The maximum atomic E-state index is 13.1. The Bertz CT molecular complexity index is 352. The van der Waals surface area contributed by atoms with Gasteiger partial charge in [0.15, 0.2) is 11.6 Å². The number of carboxylic acid groups (broad SMARTS) is 1. The molecule has 0 fully saturated rings. The molecule has 0 bridgehead atoms. The molecule has 82 valence electrons. The number of halogens is 2. The van der Waals surface area contributed by atoms with Gasteiger partial charge in [-0.25, -0.2) is 4.39 Å². The topological polar surface area (TPSA) is 72.5 Å². The highest BCUT2D eigenvalue weighted by molar-refractivity contribution is 6.32. The van der Waals surface area contributed by atoms with E-state index in [0.717, 1.165) is 6.07 Å². The molecule has 0 saturated carbocycles. The highest BCUT2D eigenvalue weighted by Gasteiger charge is 2.15. The molecule has 0 radical (unpaired) electrons. The maximum absolute atomic E-state index is 13.1.